The van der Waals surface area contributed by atoms with Crippen molar-refractivity contribution in [3.05, 3.63) is 70.6 Å². The summed E-state index contributed by atoms with van der Waals surface area (Å²) in [7, 11) is -3.89. The number of aryl methyl sites for hydroxylation is 1. The van der Waals surface area contributed by atoms with Crippen LogP contribution < -0.4 is 15.1 Å². The minimum Gasteiger partial charge on any atom is -0.425 e. The first-order valence-corrected chi connectivity index (χ1v) is 10.6. The standard InChI is InChI=1S/C21H21NO6S/c1-3-4-18(22-29(25,26)17-10-5-14(2)6-11-17)21(24)27-16-9-7-15-8-12-20(23)28-19(15)13-16/h5-13,18,22H,3-4H2,1-2H3/t18-/m1/s1. The highest BCUT2D eigenvalue weighted by Crippen LogP contribution is 2.20. The molecule has 0 bridgehead atoms. The van der Waals surface area contributed by atoms with Gasteiger partial charge in [0.1, 0.15) is 17.4 Å². The molecule has 0 unspecified atom stereocenters. The first-order chi connectivity index (χ1) is 13.8. The van der Waals surface area contributed by atoms with Crippen molar-refractivity contribution >= 4 is 27.0 Å². The van der Waals surface area contributed by atoms with Crippen LogP contribution >= 0.6 is 0 Å². The van der Waals surface area contributed by atoms with Crippen LogP contribution in [0.15, 0.2) is 68.7 Å². The molecule has 0 aliphatic heterocycles. The number of ether oxygens (including phenoxy) is 1. The van der Waals surface area contributed by atoms with Gasteiger partial charge in [0.15, 0.2) is 0 Å². The third-order valence-electron chi connectivity index (χ3n) is 4.30. The topological polar surface area (TPSA) is 103 Å². The average Bonchev–Trinajstić information content (AvgIpc) is 2.67. The summed E-state index contributed by atoms with van der Waals surface area (Å²) in [5, 5.41) is 0.676. The Labute approximate surface area is 168 Å². The van der Waals surface area contributed by atoms with E-state index in [4.69, 9.17) is 9.15 Å². The summed E-state index contributed by atoms with van der Waals surface area (Å²) < 4.78 is 38.1. The van der Waals surface area contributed by atoms with E-state index < -0.39 is 27.7 Å². The number of carbonyl (C=O) groups is 1. The fraction of sp³-hybridized carbons (Fsp3) is 0.238. The SMILES string of the molecule is CCC[C@@H](NS(=O)(=O)c1ccc(C)cc1)C(=O)Oc1ccc2ccc(=O)oc2c1. The fourth-order valence-electron chi connectivity index (χ4n) is 2.78. The number of benzene rings is 2. The Hall–Kier alpha value is -2.97. The van der Waals surface area contributed by atoms with Crippen molar-refractivity contribution < 1.29 is 22.4 Å². The Kier molecular flexibility index (Phi) is 6.14. The van der Waals surface area contributed by atoms with Crippen LogP contribution in [-0.4, -0.2) is 20.4 Å². The van der Waals surface area contributed by atoms with Crippen LogP contribution in [-0.2, 0) is 14.8 Å². The van der Waals surface area contributed by atoms with E-state index in [1.54, 1.807) is 30.3 Å². The van der Waals surface area contributed by atoms with Crippen molar-refractivity contribution in [1.82, 2.24) is 4.72 Å². The molecule has 0 spiro atoms. The van der Waals surface area contributed by atoms with Crippen LogP contribution in [0, 0.1) is 6.92 Å². The molecule has 0 aliphatic carbocycles. The molecule has 8 heteroatoms. The Morgan fingerprint density at radius 2 is 1.79 bits per heavy atom. The lowest BCUT2D eigenvalue weighted by Gasteiger charge is -2.17. The molecule has 1 heterocycles. The second-order valence-corrected chi connectivity index (χ2v) is 8.36. The van der Waals surface area contributed by atoms with Crippen LogP contribution in [0.4, 0.5) is 0 Å². The van der Waals surface area contributed by atoms with E-state index in [1.165, 1.54) is 24.3 Å². The van der Waals surface area contributed by atoms with Crippen molar-refractivity contribution in [2.24, 2.45) is 0 Å². The molecule has 0 saturated heterocycles. The summed E-state index contributed by atoms with van der Waals surface area (Å²) in [6.45, 7) is 3.69. The lowest BCUT2D eigenvalue weighted by molar-refractivity contribution is -0.136. The normalized spacial score (nSPS) is 12.6. The van der Waals surface area contributed by atoms with E-state index in [0.717, 1.165) is 5.56 Å². The number of esters is 1. The summed E-state index contributed by atoms with van der Waals surface area (Å²) in [4.78, 5) is 24.1. The zero-order valence-electron chi connectivity index (χ0n) is 16.0. The molecule has 152 valence electrons. The lowest BCUT2D eigenvalue weighted by atomic mass is 10.2. The van der Waals surface area contributed by atoms with E-state index in [0.29, 0.717) is 11.8 Å². The highest BCUT2D eigenvalue weighted by molar-refractivity contribution is 7.89. The zero-order chi connectivity index (χ0) is 21.0. The van der Waals surface area contributed by atoms with E-state index in [9.17, 15) is 18.0 Å². The van der Waals surface area contributed by atoms with Gasteiger partial charge in [-0.25, -0.2) is 18.0 Å². The van der Waals surface area contributed by atoms with Crippen molar-refractivity contribution in [3.8, 4) is 5.75 Å². The van der Waals surface area contributed by atoms with Crippen LogP contribution in [0.25, 0.3) is 11.0 Å². The van der Waals surface area contributed by atoms with Gasteiger partial charge >= 0.3 is 11.6 Å². The number of nitrogens with one attached hydrogen (secondary N) is 1. The molecule has 1 aromatic heterocycles. The highest BCUT2D eigenvalue weighted by Gasteiger charge is 2.27. The van der Waals surface area contributed by atoms with E-state index in [2.05, 4.69) is 4.72 Å². The fourth-order valence-corrected chi connectivity index (χ4v) is 4.00. The van der Waals surface area contributed by atoms with Gasteiger partial charge in [0.2, 0.25) is 10.0 Å². The number of hydrogen-bond donors (Lipinski definition) is 1. The third-order valence-corrected chi connectivity index (χ3v) is 5.79. The maximum absolute atomic E-state index is 12.6. The predicted molar refractivity (Wildman–Crippen MR) is 108 cm³/mol. The van der Waals surface area contributed by atoms with Gasteiger partial charge in [-0.1, -0.05) is 31.0 Å². The van der Waals surface area contributed by atoms with Crippen molar-refractivity contribution in [1.29, 1.82) is 0 Å². The molecule has 1 N–H and O–H groups in total. The molecule has 0 aliphatic rings. The van der Waals surface area contributed by atoms with Gasteiger partial charge < -0.3 is 9.15 Å². The molecule has 3 aromatic rings. The van der Waals surface area contributed by atoms with Gasteiger partial charge in [-0.05, 0) is 43.7 Å². The summed E-state index contributed by atoms with van der Waals surface area (Å²) in [5.41, 5.74) is 0.683. The third kappa shape index (κ3) is 5.10. The Morgan fingerprint density at radius 1 is 1.10 bits per heavy atom. The van der Waals surface area contributed by atoms with Crippen LogP contribution in [0.5, 0.6) is 5.75 Å². The van der Waals surface area contributed by atoms with Gasteiger partial charge in [-0.2, -0.15) is 4.72 Å². The van der Waals surface area contributed by atoms with Gasteiger partial charge in [0.25, 0.3) is 0 Å². The molecule has 0 radical (unpaired) electrons. The number of hydrogen-bond acceptors (Lipinski definition) is 6. The molecule has 3 rings (SSSR count). The first kappa shape index (κ1) is 20.8. The van der Waals surface area contributed by atoms with Gasteiger partial charge in [0, 0.05) is 17.5 Å². The molecule has 0 fully saturated rings. The Bertz CT molecular complexity index is 1180. The number of fused-ring (bicyclic) bond motifs is 1. The molecule has 0 amide bonds. The monoisotopic (exact) mass is 415 g/mol. The summed E-state index contributed by atoms with van der Waals surface area (Å²) in [6.07, 6.45) is 0.843. The van der Waals surface area contributed by atoms with Crippen LogP contribution in [0.1, 0.15) is 25.3 Å². The molecule has 0 saturated carbocycles. The Morgan fingerprint density at radius 3 is 2.48 bits per heavy atom. The predicted octanol–water partition coefficient (Wildman–Crippen LogP) is 3.15. The minimum absolute atomic E-state index is 0.0736. The number of carbonyl (C=O) groups excluding carboxylic acids is 1. The zero-order valence-corrected chi connectivity index (χ0v) is 16.9. The second kappa shape index (κ2) is 8.59. The minimum atomic E-state index is -3.89. The maximum Gasteiger partial charge on any atom is 0.336 e. The molecule has 1 atom stereocenters. The molecular formula is C21H21NO6S. The van der Waals surface area contributed by atoms with E-state index >= 15 is 0 Å². The van der Waals surface area contributed by atoms with Crippen LogP contribution in [0.2, 0.25) is 0 Å². The Balaban J connectivity index is 1.80. The van der Waals surface area contributed by atoms with Crippen molar-refractivity contribution in [2.75, 3.05) is 0 Å². The quantitative estimate of drug-likeness (QED) is 0.361. The van der Waals surface area contributed by atoms with Crippen LogP contribution in [0.3, 0.4) is 0 Å². The van der Waals surface area contributed by atoms with E-state index in [1.807, 2.05) is 13.8 Å². The molecular weight excluding hydrogens is 394 g/mol. The first-order valence-electron chi connectivity index (χ1n) is 9.13. The molecule has 2 aromatic carbocycles. The summed E-state index contributed by atoms with van der Waals surface area (Å²) in [5.74, 6) is -0.576. The molecule has 7 nitrogen and oxygen atoms in total. The largest absolute Gasteiger partial charge is 0.425 e. The van der Waals surface area contributed by atoms with Gasteiger partial charge in [0.05, 0.1) is 4.90 Å². The van der Waals surface area contributed by atoms with Crippen molar-refractivity contribution in [3.63, 3.8) is 0 Å². The van der Waals surface area contributed by atoms with E-state index in [-0.39, 0.29) is 22.6 Å². The smallest absolute Gasteiger partial charge is 0.336 e. The highest BCUT2D eigenvalue weighted by atomic mass is 32.2. The summed E-state index contributed by atoms with van der Waals surface area (Å²) >= 11 is 0. The average molecular weight is 415 g/mol. The van der Waals surface area contributed by atoms with Crippen molar-refractivity contribution in [2.45, 2.75) is 37.6 Å². The molecule has 29 heavy (non-hydrogen) atoms. The van der Waals surface area contributed by atoms with Gasteiger partial charge in [-0.15, -0.1) is 0 Å². The lowest BCUT2D eigenvalue weighted by Crippen LogP contribution is -2.42. The summed E-state index contributed by atoms with van der Waals surface area (Å²) in [6, 6.07) is 12.8. The number of rotatable bonds is 7. The maximum atomic E-state index is 12.6. The number of sulfonamides is 1. The second-order valence-electron chi connectivity index (χ2n) is 6.65. The van der Waals surface area contributed by atoms with Gasteiger partial charge in [-0.3, -0.25) is 0 Å².